The first-order chi connectivity index (χ1) is 7.75. The highest BCUT2D eigenvalue weighted by Gasteiger charge is 2.25. The second-order valence-corrected chi connectivity index (χ2v) is 3.93. The van der Waals surface area contributed by atoms with Crippen molar-refractivity contribution in [1.82, 2.24) is 4.90 Å². The van der Waals surface area contributed by atoms with Gasteiger partial charge in [0, 0.05) is 24.7 Å². The summed E-state index contributed by atoms with van der Waals surface area (Å²) in [5, 5.41) is 8.81. The monoisotopic (exact) mass is 225 g/mol. The molecule has 88 valence electrons. The highest BCUT2D eigenvalue weighted by molar-refractivity contribution is 5.67. The normalized spacial score (nSPS) is 22.1. The zero-order chi connectivity index (χ0) is 11.4. The van der Waals surface area contributed by atoms with Gasteiger partial charge in [-0.1, -0.05) is 0 Å². The maximum absolute atomic E-state index is 10.7. The molecule has 0 bridgehead atoms. The van der Waals surface area contributed by atoms with Crippen LogP contribution in [0.1, 0.15) is 12.0 Å². The fraction of sp³-hybridized carbons (Fsp3) is 0.545. The quantitative estimate of drug-likeness (QED) is 0.826. The number of ether oxygens (including phenoxy) is 1. The molecule has 0 amide bonds. The van der Waals surface area contributed by atoms with Crippen LogP contribution in [0.5, 0.6) is 0 Å². The van der Waals surface area contributed by atoms with E-state index in [9.17, 15) is 4.79 Å². The Morgan fingerprint density at radius 2 is 2.50 bits per heavy atom. The van der Waals surface area contributed by atoms with Crippen molar-refractivity contribution >= 4 is 5.97 Å². The van der Waals surface area contributed by atoms with Crippen molar-refractivity contribution in [2.24, 2.45) is 0 Å². The number of carboxylic acid groups (broad SMARTS) is 1. The van der Waals surface area contributed by atoms with Gasteiger partial charge in [0.2, 0.25) is 0 Å². The molecular weight excluding hydrogens is 210 g/mol. The topological polar surface area (TPSA) is 62.9 Å². The van der Waals surface area contributed by atoms with E-state index in [0.717, 1.165) is 18.7 Å². The van der Waals surface area contributed by atoms with Crippen LogP contribution >= 0.6 is 0 Å². The maximum atomic E-state index is 10.7. The summed E-state index contributed by atoms with van der Waals surface area (Å²) in [7, 11) is 0. The third-order valence-corrected chi connectivity index (χ3v) is 2.73. The molecule has 1 saturated heterocycles. The van der Waals surface area contributed by atoms with Crippen LogP contribution in [0.15, 0.2) is 23.0 Å². The van der Waals surface area contributed by atoms with Crippen LogP contribution in [0.4, 0.5) is 0 Å². The van der Waals surface area contributed by atoms with Crippen molar-refractivity contribution in [3.05, 3.63) is 24.2 Å². The van der Waals surface area contributed by atoms with Gasteiger partial charge in [-0.05, 0) is 6.07 Å². The zero-order valence-electron chi connectivity index (χ0n) is 8.96. The standard InChI is InChI=1S/C11H15NO4/c13-11(14)5-10-8-16-4-2-12(10)6-9-1-3-15-7-9/h1,3,7,10H,2,4-6,8H2,(H,13,14). The molecule has 1 N–H and O–H groups in total. The highest BCUT2D eigenvalue weighted by Crippen LogP contribution is 2.15. The Morgan fingerprint density at radius 3 is 3.19 bits per heavy atom. The third-order valence-electron chi connectivity index (χ3n) is 2.73. The van der Waals surface area contributed by atoms with Gasteiger partial charge in [0.05, 0.1) is 32.2 Å². The van der Waals surface area contributed by atoms with E-state index in [0.29, 0.717) is 13.2 Å². The van der Waals surface area contributed by atoms with Crippen molar-refractivity contribution in [2.75, 3.05) is 19.8 Å². The summed E-state index contributed by atoms with van der Waals surface area (Å²) >= 11 is 0. The number of nitrogens with zero attached hydrogens (tertiary/aromatic N) is 1. The smallest absolute Gasteiger partial charge is 0.305 e. The van der Waals surface area contributed by atoms with Gasteiger partial charge in [-0.3, -0.25) is 9.69 Å². The van der Waals surface area contributed by atoms with E-state index < -0.39 is 5.97 Å². The summed E-state index contributed by atoms with van der Waals surface area (Å²) in [6, 6.07) is 1.86. The Morgan fingerprint density at radius 1 is 1.62 bits per heavy atom. The SMILES string of the molecule is O=C(O)CC1COCCN1Cc1ccoc1. The van der Waals surface area contributed by atoms with Crippen LogP contribution in [-0.2, 0) is 16.1 Å². The number of hydrogen-bond acceptors (Lipinski definition) is 4. The summed E-state index contributed by atoms with van der Waals surface area (Å²) in [6.07, 6.45) is 3.44. The first-order valence-corrected chi connectivity index (χ1v) is 5.30. The van der Waals surface area contributed by atoms with E-state index >= 15 is 0 Å². The molecule has 1 unspecified atom stereocenters. The summed E-state index contributed by atoms with van der Waals surface area (Å²) in [5.74, 6) is -0.785. The summed E-state index contributed by atoms with van der Waals surface area (Å²) in [4.78, 5) is 12.8. The second kappa shape index (κ2) is 5.14. The molecule has 5 nitrogen and oxygen atoms in total. The van der Waals surface area contributed by atoms with Gasteiger partial charge < -0.3 is 14.3 Å². The van der Waals surface area contributed by atoms with Gasteiger partial charge in [-0.2, -0.15) is 0 Å². The van der Waals surface area contributed by atoms with Crippen LogP contribution in [0.25, 0.3) is 0 Å². The minimum atomic E-state index is -0.785. The largest absolute Gasteiger partial charge is 0.481 e. The Labute approximate surface area is 93.6 Å². The van der Waals surface area contributed by atoms with E-state index in [1.807, 2.05) is 6.07 Å². The third kappa shape index (κ3) is 2.84. The number of rotatable bonds is 4. The molecule has 1 aliphatic rings. The molecule has 16 heavy (non-hydrogen) atoms. The Bertz CT molecular complexity index is 336. The van der Waals surface area contributed by atoms with Crippen LogP contribution in [0.3, 0.4) is 0 Å². The minimum absolute atomic E-state index is 0.0406. The van der Waals surface area contributed by atoms with Crippen molar-refractivity contribution in [3.63, 3.8) is 0 Å². The van der Waals surface area contributed by atoms with Gasteiger partial charge in [0.15, 0.2) is 0 Å². The molecule has 1 fully saturated rings. The second-order valence-electron chi connectivity index (χ2n) is 3.93. The molecule has 1 aliphatic heterocycles. The molecule has 1 atom stereocenters. The molecule has 2 rings (SSSR count). The lowest BCUT2D eigenvalue weighted by Crippen LogP contribution is -2.45. The molecule has 1 aromatic heterocycles. The first-order valence-electron chi connectivity index (χ1n) is 5.30. The molecule has 0 aliphatic carbocycles. The minimum Gasteiger partial charge on any atom is -0.481 e. The summed E-state index contributed by atoms with van der Waals surface area (Å²) in [5.41, 5.74) is 1.07. The van der Waals surface area contributed by atoms with E-state index in [4.69, 9.17) is 14.3 Å². The number of furan rings is 1. The summed E-state index contributed by atoms with van der Waals surface area (Å²) in [6.45, 7) is 2.64. The van der Waals surface area contributed by atoms with Gasteiger partial charge in [0.25, 0.3) is 0 Å². The fourth-order valence-electron chi connectivity index (χ4n) is 1.90. The van der Waals surface area contributed by atoms with E-state index in [1.165, 1.54) is 0 Å². The zero-order valence-corrected chi connectivity index (χ0v) is 8.96. The van der Waals surface area contributed by atoms with Crippen LogP contribution in [0, 0.1) is 0 Å². The predicted octanol–water partition coefficient (Wildman–Crippen LogP) is 0.955. The molecular formula is C11H15NO4. The van der Waals surface area contributed by atoms with Crippen LogP contribution < -0.4 is 0 Å². The molecule has 0 saturated carbocycles. The molecule has 5 heteroatoms. The Kier molecular flexibility index (Phi) is 3.58. The first kappa shape index (κ1) is 11.2. The number of carboxylic acids is 1. The lowest BCUT2D eigenvalue weighted by molar-refractivity contribution is -0.140. The molecule has 0 aromatic carbocycles. The average molecular weight is 225 g/mol. The maximum Gasteiger partial charge on any atom is 0.305 e. The lowest BCUT2D eigenvalue weighted by Gasteiger charge is -2.34. The van der Waals surface area contributed by atoms with Crippen molar-refractivity contribution < 1.29 is 19.1 Å². The van der Waals surface area contributed by atoms with Gasteiger partial charge in [-0.15, -0.1) is 0 Å². The number of carbonyl (C=O) groups is 1. The van der Waals surface area contributed by atoms with Crippen LogP contribution in [-0.4, -0.2) is 41.8 Å². The fourth-order valence-corrected chi connectivity index (χ4v) is 1.90. The Hall–Kier alpha value is -1.33. The molecule has 0 radical (unpaired) electrons. The van der Waals surface area contributed by atoms with E-state index in [2.05, 4.69) is 4.90 Å². The van der Waals surface area contributed by atoms with Gasteiger partial charge in [-0.25, -0.2) is 0 Å². The number of morpholine rings is 1. The number of aliphatic carboxylic acids is 1. The molecule has 0 spiro atoms. The summed E-state index contributed by atoms with van der Waals surface area (Å²) < 4.78 is 10.3. The van der Waals surface area contributed by atoms with Gasteiger partial charge in [0.1, 0.15) is 0 Å². The van der Waals surface area contributed by atoms with E-state index in [-0.39, 0.29) is 12.5 Å². The number of hydrogen-bond donors (Lipinski definition) is 1. The van der Waals surface area contributed by atoms with Crippen LogP contribution in [0.2, 0.25) is 0 Å². The lowest BCUT2D eigenvalue weighted by atomic mass is 10.1. The van der Waals surface area contributed by atoms with Crippen molar-refractivity contribution in [2.45, 2.75) is 19.0 Å². The van der Waals surface area contributed by atoms with Crippen molar-refractivity contribution in [3.8, 4) is 0 Å². The van der Waals surface area contributed by atoms with E-state index in [1.54, 1.807) is 12.5 Å². The highest BCUT2D eigenvalue weighted by atomic mass is 16.5. The predicted molar refractivity (Wildman–Crippen MR) is 56.0 cm³/mol. The van der Waals surface area contributed by atoms with Gasteiger partial charge >= 0.3 is 5.97 Å². The average Bonchev–Trinajstić information content (AvgIpc) is 2.73. The Balaban J connectivity index is 1.96. The molecule has 2 heterocycles. The molecule has 1 aromatic rings. The van der Waals surface area contributed by atoms with Crippen molar-refractivity contribution in [1.29, 1.82) is 0 Å².